The van der Waals surface area contributed by atoms with Gasteiger partial charge in [0.1, 0.15) is 38.0 Å². The summed E-state index contributed by atoms with van der Waals surface area (Å²) in [7, 11) is 4.38. The number of pyridine rings is 2. The lowest BCUT2D eigenvalue weighted by atomic mass is 9.84. The highest BCUT2D eigenvalue weighted by Gasteiger charge is 2.40. The van der Waals surface area contributed by atoms with E-state index in [1.165, 1.54) is 217 Å². The molecule has 14 heteroatoms. The maximum absolute atomic E-state index is 5.27. The molecule has 12 rings (SSSR count). The van der Waals surface area contributed by atoms with Crippen molar-refractivity contribution in [1.82, 2.24) is 14.9 Å². The van der Waals surface area contributed by atoms with E-state index in [1.54, 1.807) is 34.3 Å². The van der Waals surface area contributed by atoms with Crippen molar-refractivity contribution in [2.45, 2.75) is 339 Å². The monoisotopic (exact) mass is 1410 g/mol. The zero-order valence-electron chi connectivity index (χ0n) is 72.3. The smallest absolute Gasteiger partial charge is 0.182 e. The number of quaternary nitrogens is 9. The maximum Gasteiger partial charge on any atom is 0.182 e. The fraction of sp³-hybridized carbons (Fsp3) is 0.884. The molecule has 2 bridgehead atoms. The molecule has 0 aromatic carbocycles. The number of likely N-dealkylation sites (tertiary alicyclic amines) is 4. The number of rotatable bonds is 2. The van der Waals surface area contributed by atoms with Gasteiger partial charge in [0, 0.05) is 93.1 Å². The molecule has 2 aromatic heterocycles. The minimum absolute atomic E-state index is 0.251. The van der Waals surface area contributed by atoms with Gasteiger partial charge in [0.25, 0.3) is 0 Å². The van der Waals surface area contributed by atoms with Gasteiger partial charge in [0.15, 0.2) is 6.73 Å². The third-order valence-electron chi connectivity index (χ3n) is 24.0. The van der Waals surface area contributed by atoms with Crippen LogP contribution in [0.15, 0.2) is 49.1 Å². The van der Waals surface area contributed by atoms with Crippen LogP contribution in [0.1, 0.15) is 295 Å². The van der Waals surface area contributed by atoms with Crippen molar-refractivity contribution in [2.75, 3.05) is 145 Å². The number of piperazine rings is 1. The molecule has 0 amide bonds. The Labute approximate surface area is 621 Å². The number of nitrogens with zero attached hydrogens (tertiary/aromatic N) is 3. The lowest BCUT2D eigenvalue weighted by Crippen LogP contribution is -3.21. The molecule has 100 heavy (non-hydrogen) atoms. The normalized spacial score (nSPS) is 25.5. The van der Waals surface area contributed by atoms with E-state index in [1.807, 2.05) is 35.8 Å². The zero-order chi connectivity index (χ0) is 75.4. The van der Waals surface area contributed by atoms with Crippen molar-refractivity contribution in [3.63, 3.8) is 0 Å². The topological polar surface area (TPSA) is 87.4 Å². The number of nitrogens with one attached hydrogen (secondary N) is 9. The summed E-state index contributed by atoms with van der Waals surface area (Å²) in [6, 6.07) is 9.03. The third kappa shape index (κ3) is 36.9. The number of fused-ring (bicyclic) bond motifs is 4. The molecule has 584 valence electrons. The van der Waals surface area contributed by atoms with Crippen LogP contribution in [0.5, 0.6) is 0 Å². The highest BCUT2D eigenvalue weighted by Crippen LogP contribution is 2.30. The summed E-state index contributed by atoms with van der Waals surface area (Å²) in [5.41, 5.74) is 6.45. The molecule has 1 saturated carbocycles. The van der Waals surface area contributed by atoms with Gasteiger partial charge in [-0.25, -0.2) is 0 Å². The van der Waals surface area contributed by atoms with Gasteiger partial charge >= 0.3 is 0 Å². The van der Waals surface area contributed by atoms with Crippen LogP contribution < -0.4 is 44.1 Å². The quantitative estimate of drug-likeness (QED) is 0.195. The highest BCUT2D eigenvalue weighted by molar-refractivity contribution is 5.25. The van der Waals surface area contributed by atoms with E-state index in [0.717, 1.165) is 38.4 Å². The van der Waals surface area contributed by atoms with E-state index in [2.05, 4.69) is 234 Å². The van der Waals surface area contributed by atoms with Crippen molar-refractivity contribution in [2.24, 2.45) is 11.8 Å². The van der Waals surface area contributed by atoms with Crippen LogP contribution in [-0.2, 0) is 9.47 Å². The second kappa shape index (κ2) is 43.0. The number of ether oxygens (including phenoxy) is 2. The summed E-state index contributed by atoms with van der Waals surface area (Å²) in [6.07, 6.45) is 29.3. The summed E-state index contributed by atoms with van der Waals surface area (Å²) >= 11 is 0. The molecule has 9 saturated heterocycles. The molecule has 1 aliphatic carbocycles. The number of likely N-dealkylation sites (N-methyl/N-ethyl adjacent to an activating group) is 1. The van der Waals surface area contributed by atoms with Gasteiger partial charge in [-0.3, -0.25) is 14.9 Å². The molecule has 4 atom stereocenters. The van der Waals surface area contributed by atoms with Crippen LogP contribution >= 0.6 is 0 Å². The van der Waals surface area contributed by atoms with Gasteiger partial charge in [-0.1, -0.05) is 6.07 Å². The number of piperidine rings is 1. The first-order chi connectivity index (χ1) is 46.2. The van der Waals surface area contributed by atoms with Crippen molar-refractivity contribution < 1.29 is 53.6 Å². The van der Waals surface area contributed by atoms with Crippen LogP contribution in [0.4, 0.5) is 5.69 Å². The maximum atomic E-state index is 5.27. The molecule has 9 N–H and O–H groups in total. The molecule has 10 aliphatic rings. The lowest BCUT2D eigenvalue weighted by molar-refractivity contribution is -0.963. The molecule has 2 aromatic rings. The first-order valence-corrected chi connectivity index (χ1v) is 41.5. The van der Waals surface area contributed by atoms with Gasteiger partial charge < -0.3 is 53.6 Å². The number of hydrogen-bond acceptors (Lipinski definition) is 5. The molecule has 10 fully saturated rings. The second-order valence-corrected chi connectivity index (χ2v) is 41.3. The van der Waals surface area contributed by atoms with Crippen LogP contribution in [0, 0.1) is 11.8 Å². The third-order valence-corrected chi connectivity index (χ3v) is 24.0. The number of hydrogen-bond donors (Lipinski definition) is 9. The average Bonchev–Trinajstić information content (AvgIpc) is 1.65. The first kappa shape index (κ1) is 92.0. The summed E-state index contributed by atoms with van der Waals surface area (Å²) in [4.78, 5) is 26.0. The largest absolute Gasteiger partial charge is 0.370 e. The molecule has 11 heterocycles. The van der Waals surface area contributed by atoms with Crippen molar-refractivity contribution in [3.8, 4) is 0 Å². The van der Waals surface area contributed by atoms with Crippen LogP contribution in [0.3, 0.4) is 0 Å². The van der Waals surface area contributed by atoms with E-state index >= 15 is 0 Å². The Morgan fingerprint density at radius 3 is 1.06 bits per heavy atom. The molecule has 0 radical (unpaired) electrons. The van der Waals surface area contributed by atoms with Crippen molar-refractivity contribution >= 4 is 5.69 Å². The Morgan fingerprint density at radius 1 is 0.370 bits per heavy atom. The van der Waals surface area contributed by atoms with E-state index in [9.17, 15) is 0 Å². The summed E-state index contributed by atoms with van der Waals surface area (Å²) in [5, 5.41) is 0. The van der Waals surface area contributed by atoms with Gasteiger partial charge in [0.05, 0.1) is 142 Å². The van der Waals surface area contributed by atoms with Gasteiger partial charge in [-0.2, -0.15) is 0 Å². The molecule has 4 unspecified atom stereocenters. The second-order valence-electron chi connectivity index (χ2n) is 41.3. The van der Waals surface area contributed by atoms with Gasteiger partial charge in [-0.15, -0.1) is 0 Å². The number of morpholine rings is 1. The molecular weight excluding hydrogens is 1230 g/mol. The zero-order valence-corrected chi connectivity index (χ0v) is 72.3. The minimum Gasteiger partial charge on any atom is -0.370 e. The average molecular weight is 1410 g/mol. The van der Waals surface area contributed by atoms with Crippen LogP contribution in [0.2, 0.25) is 0 Å². The lowest BCUT2D eigenvalue weighted by Gasteiger charge is -2.38. The summed E-state index contributed by atoms with van der Waals surface area (Å²) in [6.45, 7) is 87.4. The van der Waals surface area contributed by atoms with E-state index in [0.29, 0.717) is 50.4 Å². The fourth-order valence-corrected chi connectivity index (χ4v) is 16.0. The molecule has 9 aliphatic heterocycles. The Balaban J connectivity index is 0.000000294. The Hall–Kier alpha value is -2.18. The molecular formula is C86H177N12O2+9. The highest BCUT2D eigenvalue weighted by atomic mass is 16.5. The predicted octanol–water partition coefficient (Wildman–Crippen LogP) is 5.65. The Bertz CT molecular complexity index is 2280. The Morgan fingerprint density at radius 2 is 0.730 bits per heavy atom. The SMILES string of the molecule is CC(C)(C)[NH+]1CC2CCC(CC2)C1.CC(C)(C)[NH+]1CCCC1.CC(C)(C)[NH+]1CCCC1c1cccnc1.CC(C)(C)[NH+]1CCCCC1.CC(C)(C)[NH+]1CCCCCC1.CC(C)(C)[NH+]1CCOC1.CC(C)(C)[NH+]1CCOCC1.CN1CC[NH+](C(C)(C)C)CC1.C[NH+](c1ccncc1)C(C)(C)C. The fourth-order valence-electron chi connectivity index (χ4n) is 16.0. The van der Waals surface area contributed by atoms with Crippen molar-refractivity contribution in [1.29, 1.82) is 0 Å². The summed E-state index contributed by atoms with van der Waals surface area (Å²) < 4.78 is 10.5. The van der Waals surface area contributed by atoms with Gasteiger partial charge in [0.2, 0.25) is 0 Å². The Kier molecular flexibility index (Phi) is 39.6. The van der Waals surface area contributed by atoms with Crippen LogP contribution in [-0.4, -0.2) is 210 Å². The van der Waals surface area contributed by atoms with Gasteiger partial charge in [-0.05, 0) is 271 Å². The van der Waals surface area contributed by atoms with E-state index in [4.69, 9.17) is 9.47 Å². The summed E-state index contributed by atoms with van der Waals surface area (Å²) in [5.74, 6) is 2.10. The van der Waals surface area contributed by atoms with E-state index in [-0.39, 0.29) is 5.54 Å². The molecule has 14 nitrogen and oxygen atoms in total. The molecule has 0 spiro atoms. The predicted molar refractivity (Wildman–Crippen MR) is 427 cm³/mol. The number of aromatic nitrogens is 2. The van der Waals surface area contributed by atoms with Crippen molar-refractivity contribution in [3.05, 3.63) is 54.6 Å². The first-order valence-electron chi connectivity index (χ1n) is 41.5. The van der Waals surface area contributed by atoms with E-state index < -0.39 is 0 Å². The standard InChI is InChI=1S/C13H20N2.C12H23N.C10H16N2.C10H21N.C9H20N2.C9H19N.C8H17NO.C8H17N.C7H15NO/c1-13(2,3)15-9-5-7-12(15)11-6-4-8-14-10-11;1-12(2,3)13-8-10-4-5-11(9-13)7-6-10;1-10(2,3)12(4)9-5-7-11-8-6-9;1-10(2,3)11-8-6-4-5-7-9-11;1-9(2,3)11-7-5-10(4)6-8-11;1-9(2,3)10-7-5-4-6-8-10;1-8(2,3)9-4-6-10-7-5-9;1-8(2,3)9-6-4-5-7-9;1-7(2,3)8-4-5-9-6-8/h4,6,8,10,12H,5,7,9H2,1-3H3;10-11H,4-9H2,1-3H3;5-8H,1-4H3;4-9H2,1-3H3;5-8H2,1-4H3;4-8H2,1-3H3;4-7H2,1-3H3;4-7H2,1-3H3;4-6H2,1-3H3/p+9. The minimum atomic E-state index is 0.251. The van der Waals surface area contributed by atoms with Crippen LogP contribution in [0.25, 0.3) is 0 Å².